The Labute approximate surface area is 133 Å². The summed E-state index contributed by atoms with van der Waals surface area (Å²) in [6.07, 6.45) is 4.78. The number of nitrogens with one attached hydrogen (secondary N) is 2. The van der Waals surface area contributed by atoms with E-state index in [1.807, 2.05) is 20.8 Å². The Hall–Kier alpha value is -1.59. The first-order valence-electron chi connectivity index (χ1n) is 8.04. The quantitative estimate of drug-likeness (QED) is 0.559. The molecular formula is C16H29N3O3. The van der Waals surface area contributed by atoms with Gasteiger partial charge in [0.2, 0.25) is 5.91 Å². The number of carbonyl (C=O) groups excluding carboxylic acids is 3. The van der Waals surface area contributed by atoms with Crippen LogP contribution in [0.15, 0.2) is 0 Å². The minimum absolute atomic E-state index is 0.230. The van der Waals surface area contributed by atoms with Gasteiger partial charge in [-0.2, -0.15) is 0 Å². The molecule has 6 heteroatoms. The normalized spacial score (nSPS) is 22.0. The Kier molecular flexibility index (Phi) is 5.97. The Balaban J connectivity index is 2.62. The van der Waals surface area contributed by atoms with Gasteiger partial charge in [-0.3, -0.25) is 14.5 Å². The van der Waals surface area contributed by atoms with Crippen molar-refractivity contribution in [2.75, 3.05) is 6.54 Å². The number of rotatable bonds is 7. The van der Waals surface area contributed by atoms with Crippen LogP contribution in [0.2, 0.25) is 0 Å². The number of unbranched alkanes of at least 4 members (excludes halogenated alkanes) is 3. The summed E-state index contributed by atoms with van der Waals surface area (Å²) < 4.78 is 0. The fourth-order valence-corrected chi connectivity index (χ4v) is 2.57. The van der Waals surface area contributed by atoms with Gasteiger partial charge in [-0.25, -0.2) is 4.79 Å². The molecule has 1 aliphatic rings. The van der Waals surface area contributed by atoms with E-state index in [2.05, 4.69) is 17.6 Å². The molecule has 6 nitrogen and oxygen atoms in total. The predicted molar refractivity (Wildman–Crippen MR) is 85.3 cm³/mol. The van der Waals surface area contributed by atoms with Gasteiger partial charge in [0.1, 0.15) is 12.1 Å². The molecule has 1 unspecified atom stereocenters. The van der Waals surface area contributed by atoms with Crippen LogP contribution in [0.5, 0.6) is 0 Å². The van der Waals surface area contributed by atoms with Crippen LogP contribution in [0.4, 0.5) is 4.79 Å². The maximum Gasteiger partial charge on any atom is 0.325 e. The molecule has 1 rings (SSSR count). The number of amides is 4. The highest BCUT2D eigenvalue weighted by molar-refractivity contribution is 6.08. The molecule has 0 spiro atoms. The molecule has 4 amide bonds. The third kappa shape index (κ3) is 5.00. The van der Waals surface area contributed by atoms with Crippen molar-refractivity contribution < 1.29 is 14.4 Å². The summed E-state index contributed by atoms with van der Waals surface area (Å²) in [5.41, 5.74) is -1.27. The average molecular weight is 311 g/mol. The summed E-state index contributed by atoms with van der Waals surface area (Å²) in [5, 5.41) is 5.49. The molecule has 1 saturated heterocycles. The summed E-state index contributed by atoms with van der Waals surface area (Å²) >= 11 is 0. The first-order valence-corrected chi connectivity index (χ1v) is 8.04. The van der Waals surface area contributed by atoms with E-state index < -0.39 is 11.6 Å². The van der Waals surface area contributed by atoms with Crippen molar-refractivity contribution in [3.8, 4) is 0 Å². The van der Waals surface area contributed by atoms with Crippen molar-refractivity contribution >= 4 is 17.8 Å². The fourth-order valence-electron chi connectivity index (χ4n) is 2.57. The lowest BCUT2D eigenvalue weighted by atomic mass is 9.94. The van der Waals surface area contributed by atoms with E-state index in [1.165, 1.54) is 0 Å². The number of imide groups is 1. The van der Waals surface area contributed by atoms with Gasteiger partial charge >= 0.3 is 6.03 Å². The molecule has 1 fully saturated rings. The zero-order valence-corrected chi connectivity index (χ0v) is 14.4. The third-order valence-electron chi connectivity index (χ3n) is 3.69. The monoisotopic (exact) mass is 311 g/mol. The van der Waals surface area contributed by atoms with Gasteiger partial charge in [0, 0.05) is 5.54 Å². The summed E-state index contributed by atoms with van der Waals surface area (Å²) in [5.74, 6) is -0.635. The number of hydrogen-bond donors (Lipinski definition) is 2. The fraction of sp³-hybridized carbons (Fsp3) is 0.812. The number of carbonyl (C=O) groups is 3. The second-order valence-electron chi connectivity index (χ2n) is 7.26. The summed E-state index contributed by atoms with van der Waals surface area (Å²) in [6, 6.07) is -0.480. The second kappa shape index (κ2) is 7.11. The van der Waals surface area contributed by atoms with Gasteiger partial charge in [0.05, 0.1) is 0 Å². The van der Waals surface area contributed by atoms with Crippen molar-refractivity contribution in [2.24, 2.45) is 0 Å². The molecule has 0 aliphatic carbocycles. The minimum Gasteiger partial charge on any atom is -0.350 e. The average Bonchev–Trinajstić information content (AvgIpc) is 2.57. The molecular weight excluding hydrogens is 282 g/mol. The van der Waals surface area contributed by atoms with Crippen LogP contribution >= 0.6 is 0 Å². The Morgan fingerprint density at radius 1 is 1.23 bits per heavy atom. The van der Waals surface area contributed by atoms with Crippen LogP contribution in [0.1, 0.15) is 66.7 Å². The van der Waals surface area contributed by atoms with E-state index in [-0.39, 0.29) is 23.9 Å². The van der Waals surface area contributed by atoms with Gasteiger partial charge in [0.15, 0.2) is 0 Å². The van der Waals surface area contributed by atoms with Crippen molar-refractivity contribution in [2.45, 2.75) is 77.8 Å². The smallest absolute Gasteiger partial charge is 0.325 e. The van der Waals surface area contributed by atoms with Crippen LogP contribution < -0.4 is 10.6 Å². The van der Waals surface area contributed by atoms with E-state index in [4.69, 9.17) is 0 Å². The minimum atomic E-state index is -0.882. The number of hydrogen-bond acceptors (Lipinski definition) is 3. The molecule has 0 aromatic heterocycles. The topological polar surface area (TPSA) is 78.5 Å². The Morgan fingerprint density at radius 2 is 1.86 bits per heavy atom. The van der Waals surface area contributed by atoms with Crippen LogP contribution in [0.25, 0.3) is 0 Å². The highest BCUT2D eigenvalue weighted by atomic mass is 16.2. The highest BCUT2D eigenvalue weighted by Crippen LogP contribution is 2.24. The van der Waals surface area contributed by atoms with E-state index in [1.54, 1.807) is 6.92 Å². The zero-order valence-electron chi connectivity index (χ0n) is 14.4. The zero-order chi connectivity index (χ0) is 17.0. The van der Waals surface area contributed by atoms with Crippen LogP contribution in [-0.4, -0.2) is 40.4 Å². The highest BCUT2D eigenvalue weighted by Gasteiger charge is 2.47. The third-order valence-corrected chi connectivity index (χ3v) is 3.69. The molecule has 0 aromatic carbocycles. The molecule has 0 saturated carbocycles. The van der Waals surface area contributed by atoms with Gasteiger partial charge < -0.3 is 10.6 Å². The van der Waals surface area contributed by atoms with Crippen LogP contribution in [0, 0.1) is 0 Å². The van der Waals surface area contributed by atoms with Crippen LogP contribution in [-0.2, 0) is 9.59 Å². The van der Waals surface area contributed by atoms with Crippen molar-refractivity contribution in [1.82, 2.24) is 15.5 Å². The van der Waals surface area contributed by atoms with E-state index >= 15 is 0 Å². The lowest BCUT2D eigenvalue weighted by molar-refractivity contribution is -0.135. The standard InChI is InChI=1S/C16H29N3O3/c1-6-7-8-9-10-16(5)13(21)19(14(22)18-16)11-12(20)17-15(2,3)4/h6-11H2,1-5H3,(H,17,20)(H,18,22). The lowest BCUT2D eigenvalue weighted by Gasteiger charge is -2.23. The predicted octanol–water partition coefficient (Wildman–Crippen LogP) is 2.18. The Bertz CT molecular complexity index is 442. The largest absolute Gasteiger partial charge is 0.350 e. The number of nitrogens with zero attached hydrogens (tertiary/aromatic N) is 1. The first kappa shape index (κ1) is 18.5. The van der Waals surface area contributed by atoms with Gasteiger partial charge in [-0.15, -0.1) is 0 Å². The van der Waals surface area contributed by atoms with Crippen molar-refractivity contribution in [3.63, 3.8) is 0 Å². The van der Waals surface area contributed by atoms with E-state index in [0.29, 0.717) is 6.42 Å². The first-order chi connectivity index (χ1) is 10.1. The van der Waals surface area contributed by atoms with E-state index in [0.717, 1.165) is 30.6 Å². The molecule has 1 heterocycles. The lowest BCUT2D eigenvalue weighted by Crippen LogP contribution is -2.48. The molecule has 0 radical (unpaired) electrons. The SMILES string of the molecule is CCCCCCC1(C)NC(=O)N(CC(=O)NC(C)(C)C)C1=O. The van der Waals surface area contributed by atoms with Crippen LogP contribution in [0.3, 0.4) is 0 Å². The van der Waals surface area contributed by atoms with E-state index in [9.17, 15) is 14.4 Å². The summed E-state index contributed by atoms with van der Waals surface area (Å²) in [7, 11) is 0. The molecule has 2 N–H and O–H groups in total. The summed E-state index contributed by atoms with van der Waals surface area (Å²) in [6.45, 7) is 9.20. The maximum atomic E-state index is 12.5. The maximum absolute atomic E-state index is 12.5. The number of urea groups is 1. The molecule has 1 aliphatic heterocycles. The van der Waals surface area contributed by atoms with Gasteiger partial charge in [0.25, 0.3) is 5.91 Å². The summed E-state index contributed by atoms with van der Waals surface area (Å²) in [4.78, 5) is 37.4. The van der Waals surface area contributed by atoms with Crippen molar-refractivity contribution in [3.05, 3.63) is 0 Å². The molecule has 0 aromatic rings. The molecule has 0 bridgehead atoms. The van der Waals surface area contributed by atoms with Gasteiger partial charge in [-0.05, 0) is 34.1 Å². The molecule has 126 valence electrons. The van der Waals surface area contributed by atoms with Crippen molar-refractivity contribution in [1.29, 1.82) is 0 Å². The Morgan fingerprint density at radius 3 is 2.41 bits per heavy atom. The molecule has 1 atom stereocenters. The molecule has 22 heavy (non-hydrogen) atoms. The van der Waals surface area contributed by atoms with Gasteiger partial charge in [-0.1, -0.05) is 32.6 Å². The second-order valence-corrected chi connectivity index (χ2v) is 7.26.